The van der Waals surface area contributed by atoms with Crippen molar-refractivity contribution < 1.29 is 4.74 Å². The zero-order valence-electron chi connectivity index (χ0n) is 8.80. The van der Waals surface area contributed by atoms with Gasteiger partial charge in [-0.3, -0.25) is 0 Å². The van der Waals surface area contributed by atoms with Crippen LogP contribution >= 0.6 is 0 Å². The summed E-state index contributed by atoms with van der Waals surface area (Å²) in [5.74, 6) is 0. The van der Waals surface area contributed by atoms with Crippen molar-refractivity contribution in [3.63, 3.8) is 0 Å². The summed E-state index contributed by atoms with van der Waals surface area (Å²) in [5.41, 5.74) is 6.04. The van der Waals surface area contributed by atoms with Gasteiger partial charge in [0.15, 0.2) is 0 Å². The number of nitrogens with two attached hydrogens (primary N) is 1. The summed E-state index contributed by atoms with van der Waals surface area (Å²) in [4.78, 5) is 0. The number of hydrogen-bond donors (Lipinski definition) is 1. The monoisotopic (exact) mass is 185 g/mol. The molecule has 1 saturated carbocycles. The molecule has 2 unspecified atom stereocenters. The van der Waals surface area contributed by atoms with Crippen LogP contribution in [0.4, 0.5) is 0 Å². The molecular formula is C11H23NO. The van der Waals surface area contributed by atoms with Crippen molar-refractivity contribution in [2.75, 3.05) is 6.61 Å². The Morgan fingerprint density at radius 2 is 2.00 bits per heavy atom. The third-order valence-electron chi connectivity index (χ3n) is 2.83. The molecule has 0 radical (unpaired) electrons. The van der Waals surface area contributed by atoms with E-state index in [4.69, 9.17) is 10.5 Å². The molecule has 0 aromatic rings. The molecule has 2 heteroatoms. The summed E-state index contributed by atoms with van der Waals surface area (Å²) in [6.07, 6.45) is 8.96. The van der Waals surface area contributed by atoms with Crippen LogP contribution in [0.1, 0.15) is 51.9 Å². The van der Waals surface area contributed by atoms with E-state index in [0.717, 1.165) is 13.0 Å². The fourth-order valence-corrected chi connectivity index (χ4v) is 1.89. The average Bonchev–Trinajstić information content (AvgIpc) is 2.32. The van der Waals surface area contributed by atoms with E-state index in [1.807, 2.05) is 0 Å². The first kappa shape index (κ1) is 11.0. The molecule has 0 spiro atoms. The molecule has 1 rings (SSSR count). The summed E-state index contributed by atoms with van der Waals surface area (Å²) in [5, 5.41) is 0. The summed E-state index contributed by atoms with van der Waals surface area (Å²) in [6.45, 7) is 3.09. The van der Waals surface area contributed by atoms with Crippen LogP contribution in [-0.4, -0.2) is 18.8 Å². The van der Waals surface area contributed by atoms with E-state index in [-0.39, 0.29) is 0 Å². The van der Waals surface area contributed by atoms with Gasteiger partial charge in [0.25, 0.3) is 0 Å². The minimum Gasteiger partial charge on any atom is -0.377 e. The number of hydrogen-bond acceptors (Lipinski definition) is 2. The normalized spacial score (nSPS) is 30.0. The topological polar surface area (TPSA) is 35.2 Å². The first-order valence-corrected chi connectivity index (χ1v) is 5.71. The Labute approximate surface area is 81.8 Å². The predicted molar refractivity (Wildman–Crippen MR) is 55.7 cm³/mol. The smallest absolute Gasteiger partial charge is 0.0725 e. The van der Waals surface area contributed by atoms with Gasteiger partial charge in [-0.1, -0.05) is 32.6 Å². The van der Waals surface area contributed by atoms with E-state index < -0.39 is 0 Å². The lowest BCUT2D eigenvalue weighted by Gasteiger charge is -2.21. The van der Waals surface area contributed by atoms with Crippen LogP contribution in [0.5, 0.6) is 0 Å². The summed E-state index contributed by atoms with van der Waals surface area (Å²) < 4.78 is 5.79. The van der Waals surface area contributed by atoms with Crippen LogP contribution < -0.4 is 5.73 Å². The first-order valence-electron chi connectivity index (χ1n) is 5.71. The number of unbranched alkanes of at least 4 members (excludes halogenated alkanes) is 1. The summed E-state index contributed by atoms with van der Waals surface area (Å²) >= 11 is 0. The van der Waals surface area contributed by atoms with Gasteiger partial charge in [-0.15, -0.1) is 0 Å². The zero-order chi connectivity index (χ0) is 9.52. The van der Waals surface area contributed by atoms with E-state index in [1.54, 1.807) is 0 Å². The van der Waals surface area contributed by atoms with Crippen molar-refractivity contribution in [2.24, 2.45) is 5.73 Å². The van der Waals surface area contributed by atoms with Gasteiger partial charge in [-0.2, -0.15) is 0 Å². The van der Waals surface area contributed by atoms with Crippen LogP contribution in [0, 0.1) is 0 Å². The molecule has 2 atom stereocenters. The third kappa shape index (κ3) is 4.10. The van der Waals surface area contributed by atoms with Crippen LogP contribution in [-0.2, 0) is 4.74 Å². The van der Waals surface area contributed by atoms with Crippen LogP contribution in [0.15, 0.2) is 0 Å². The van der Waals surface area contributed by atoms with Crippen LogP contribution in [0.25, 0.3) is 0 Å². The van der Waals surface area contributed by atoms with Crippen molar-refractivity contribution in [3.05, 3.63) is 0 Å². The molecule has 1 aliphatic carbocycles. The second-order valence-corrected chi connectivity index (χ2v) is 4.06. The van der Waals surface area contributed by atoms with E-state index in [9.17, 15) is 0 Å². The van der Waals surface area contributed by atoms with Gasteiger partial charge in [-0.25, -0.2) is 0 Å². The SMILES string of the molecule is CCCCOC1CCCCCC1N. The highest BCUT2D eigenvalue weighted by molar-refractivity contribution is 4.76. The van der Waals surface area contributed by atoms with Crippen molar-refractivity contribution in [2.45, 2.75) is 64.0 Å². The molecule has 0 aromatic heterocycles. The molecule has 0 heterocycles. The maximum atomic E-state index is 6.04. The minimum atomic E-state index is 0.291. The van der Waals surface area contributed by atoms with Crippen molar-refractivity contribution >= 4 is 0 Å². The van der Waals surface area contributed by atoms with Crippen molar-refractivity contribution in [3.8, 4) is 0 Å². The predicted octanol–water partition coefficient (Wildman–Crippen LogP) is 2.46. The molecule has 1 fully saturated rings. The average molecular weight is 185 g/mol. The standard InChI is InChI=1S/C11H23NO/c1-2-3-9-13-11-8-6-4-5-7-10(11)12/h10-11H,2-9,12H2,1H3. The van der Waals surface area contributed by atoms with Crippen LogP contribution in [0.2, 0.25) is 0 Å². The second kappa shape index (κ2) is 6.39. The largest absolute Gasteiger partial charge is 0.377 e. The molecule has 2 N–H and O–H groups in total. The summed E-state index contributed by atoms with van der Waals surface area (Å²) in [6, 6.07) is 0.291. The lowest BCUT2D eigenvalue weighted by atomic mass is 10.1. The molecular weight excluding hydrogens is 162 g/mol. The van der Waals surface area contributed by atoms with Gasteiger partial charge in [-0.05, 0) is 19.3 Å². The zero-order valence-corrected chi connectivity index (χ0v) is 8.80. The third-order valence-corrected chi connectivity index (χ3v) is 2.83. The van der Waals surface area contributed by atoms with Crippen LogP contribution in [0.3, 0.4) is 0 Å². The Hall–Kier alpha value is -0.0800. The number of ether oxygens (including phenoxy) is 1. The van der Waals surface area contributed by atoms with Gasteiger partial charge in [0.1, 0.15) is 0 Å². The number of rotatable bonds is 4. The highest BCUT2D eigenvalue weighted by Gasteiger charge is 2.20. The van der Waals surface area contributed by atoms with Gasteiger partial charge < -0.3 is 10.5 Å². The molecule has 13 heavy (non-hydrogen) atoms. The molecule has 0 amide bonds. The molecule has 0 aliphatic heterocycles. The maximum Gasteiger partial charge on any atom is 0.0725 e. The lowest BCUT2D eigenvalue weighted by Crippen LogP contribution is -2.35. The lowest BCUT2D eigenvalue weighted by molar-refractivity contribution is 0.0297. The summed E-state index contributed by atoms with van der Waals surface area (Å²) in [7, 11) is 0. The molecule has 2 nitrogen and oxygen atoms in total. The van der Waals surface area contributed by atoms with Gasteiger partial charge in [0, 0.05) is 12.6 Å². The highest BCUT2D eigenvalue weighted by atomic mass is 16.5. The van der Waals surface area contributed by atoms with E-state index in [1.165, 1.54) is 38.5 Å². The van der Waals surface area contributed by atoms with Gasteiger partial charge in [0.05, 0.1) is 6.10 Å². The molecule has 1 aliphatic rings. The fraction of sp³-hybridized carbons (Fsp3) is 1.00. The van der Waals surface area contributed by atoms with Crippen molar-refractivity contribution in [1.29, 1.82) is 0 Å². The van der Waals surface area contributed by atoms with E-state index in [2.05, 4.69) is 6.92 Å². The Balaban J connectivity index is 2.19. The first-order chi connectivity index (χ1) is 6.34. The Morgan fingerprint density at radius 3 is 2.77 bits per heavy atom. The minimum absolute atomic E-state index is 0.291. The highest BCUT2D eigenvalue weighted by Crippen LogP contribution is 2.19. The van der Waals surface area contributed by atoms with E-state index in [0.29, 0.717) is 12.1 Å². The fourth-order valence-electron chi connectivity index (χ4n) is 1.89. The Bertz CT molecular complexity index is 127. The Morgan fingerprint density at radius 1 is 1.23 bits per heavy atom. The molecule has 0 bridgehead atoms. The maximum absolute atomic E-state index is 6.04. The molecule has 0 saturated heterocycles. The van der Waals surface area contributed by atoms with E-state index >= 15 is 0 Å². The Kier molecular flexibility index (Phi) is 5.40. The molecule has 0 aromatic carbocycles. The second-order valence-electron chi connectivity index (χ2n) is 4.06. The van der Waals surface area contributed by atoms with Gasteiger partial charge in [0.2, 0.25) is 0 Å². The van der Waals surface area contributed by atoms with Gasteiger partial charge >= 0.3 is 0 Å². The quantitative estimate of drug-likeness (QED) is 0.539. The molecule has 78 valence electrons. The van der Waals surface area contributed by atoms with Crippen molar-refractivity contribution in [1.82, 2.24) is 0 Å².